The van der Waals surface area contributed by atoms with Gasteiger partial charge in [-0.05, 0) is 44.1 Å². The second kappa shape index (κ2) is 7.96. The lowest BCUT2D eigenvalue weighted by molar-refractivity contribution is -0.124. The van der Waals surface area contributed by atoms with Gasteiger partial charge in [-0.1, -0.05) is 6.92 Å². The van der Waals surface area contributed by atoms with Gasteiger partial charge in [-0.3, -0.25) is 4.79 Å². The Labute approximate surface area is 122 Å². The topological polar surface area (TPSA) is 67.6 Å². The molecule has 5 nitrogen and oxygen atoms in total. The maximum Gasteiger partial charge on any atom is 0.237 e. The third-order valence-corrected chi connectivity index (χ3v) is 4.54. The Bertz CT molecular complexity index is 305. The molecule has 2 fully saturated rings. The number of ether oxygens (including phenoxy) is 1. The van der Waals surface area contributed by atoms with Crippen molar-refractivity contribution in [1.82, 2.24) is 10.2 Å². The van der Waals surface area contributed by atoms with Gasteiger partial charge in [-0.15, -0.1) is 0 Å². The smallest absolute Gasteiger partial charge is 0.237 e. The summed E-state index contributed by atoms with van der Waals surface area (Å²) in [6.45, 7) is 7.73. The van der Waals surface area contributed by atoms with Crippen LogP contribution < -0.4 is 11.1 Å². The molecule has 2 aliphatic rings. The van der Waals surface area contributed by atoms with Crippen molar-refractivity contribution in [3.8, 4) is 0 Å². The summed E-state index contributed by atoms with van der Waals surface area (Å²) >= 11 is 0. The van der Waals surface area contributed by atoms with E-state index in [0.717, 1.165) is 51.6 Å². The Morgan fingerprint density at radius 1 is 1.40 bits per heavy atom. The van der Waals surface area contributed by atoms with Crippen LogP contribution in [-0.4, -0.2) is 56.2 Å². The number of rotatable bonds is 5. The molecule has 0 bridgehead atoms. The van der Waals surface area contributed by atoms with E-state index in [4.69, 9.17) is 10.5 Å². The van der Waals surface area contributed by atoms with Crippen molar-refractivity contribution in [2.24, 2.45) is 17.6 Å². The van der Waals surface area contributed by atoms with Crippen molar-refractivity contribution in [3.63, 3.8) is 0 Å². The fourth-order valence-electron chi connectivity index (χ4n) is 3.23. The standard InChI is InChI=1S/C15H29N3O2/c1-12-3-2-7-18(11-12)8-6-17-15(19)14(16)13-4-9-20-10-5-13/h12-14H,2-11,16H2,1H3,(H,17,19). The minimum atomic E-state index is -0.376. The van der Waals surface area contributed by atoms with E-state index in [2.05, 4.69) is 17.1 Å². The maximum absolute atomic E-state index is 12.1. The number of amides is 1. The second-order valence-corrected chi connectivity index (χ2v) is 6.31. The van der Waals surface area contributed by atoms with Crippen LogP contribution in [-0.2, 0) is 9.53 Å². The first kappa shape index (κ1) is 15.7. The molecule has 2 heterocycles. The van der Waals surface area contributed by atoms with Crippen LogP contribution in [0.5, 0.6) is 0 Å². The fourth-order valence-corrected chi connectivity index (χ4v) is 3.23. The molecule has 0 aromatic heterocycles. The van der Waals surface area contributed by atoms with Crippen LogP contribution in [0.2, 0.25) is 0 Å². The van der Waals surface area contributed by atoms with Gasteiger partial charge in [-0.25, -0.2) is 0 Å². The highest BCUT2D eigenvalue weighted by atomic mass is 16.5. The number of carbonyl (C=O) groups excluding carboxylic acids is 1. The molecule has 20 heavy (non-hydrogen) atoms. The summed E-state index contributed by atoms with van der Waals surface area (Å²) in [5.74, 6) is 1.06. The monoisotopic (exact) mass is 283 g/mol. The van der Waals surface area contributed by atoms with Gasteiger partial charge in [0, 0.05) is 32.8 Å². The Morgan fingerprint density at radius 3 is 2.85 bits per heavy atom. The van der Waals surface area contributed by atoms with E-state index < -0.39 is 0 Å². The molecule has 3 N–H and O–H groups in total. The molecule has 2 unspecified atom stereocenters. The lowest BCUT2D eigenvalue weighted by Gasteiger charge is -2.31. The molecule has 116 valence electrons. The van der Waals surface area contributed by atoms with Gasteiger partial charge < -0.3 is 20.7 Å². The molecular formula is C15H29N3O2. The Hall–Kier alpha value is -0.650. The highest BCUT2D eigenvalue weighted by molar-refractivity contribution is 5.81. The largest absolute Gasteiger partial charge is 0.381 e. The molecule has 2 saturated heterocycles. The minimum absolute atomic E-state index is 0.00181. The normalized spacial score (nSPS) is 27.2. The minimum Gasteiger partial charge on any atom is -0.381 e. The molecule has 1 amide bonds. The average molecular weight is 283 g/mol. The Kier molecular flexibility index (Phi) is 6.26. The van der Waals surface area contributed by atoms with Gasteiger partial charge in [0.1, 0.15) is 0 Å². The molecule has 0 radical (unpaired) electrons. The van der Waals surface area contributed by atoms with E-state index in [0.29, 0.717) is 6.54 Å². The lowest BCUT2D eigenvalue weighted by Crippen LogP contribution is -2.49. The van der Waals surface area contributed by atoms with Crippen molar-refractivity contribution in [3.05, 3.63) is 0 Å². The third kappa shape index (κ3) is 4.72. The zero-order valence-electron chi connectivity index (χ0n) is 12.6. The van der Waals surface area contributed by atoms with E-state index in [-0.39, 0.29) is 17.9 Å². The van der Waals surface area contributed by atoms with Gasteiger partial charge in [-0.2, -0.15) is 0 Å². The second-order valence-electron chi connectivity index (χ2n) is 6.31. The van der Waals surface area contributed by atoms with E-state index in [1.54, 1.807) is 0 Å². The average Bonchev–Trinajstić information content (AvgIpc) is 2.47. The number of nitrogens with zero attached hydrogens (tertiary/aromatic N) is 1. The summed E-state index contributed by atoms with van der Waals surface area (Å²) in [5, 5.41) is 3.00. The van der Waals surface area contributed by atoms with Crippen LogP contribution >= 0.6 is 0 Å². The van der Waals surface area contributed by atoms with Crippen molar-refractivity contribution < 1.29 is 9.53 Å². The summed E-state index contributed by atoms with van der Waals surface area (Å²) in [7, 11) is 0. The van der Waals surface area contributed by atoms with E-state index in [1.807, 2.05) is 0 Å². The number of likely N-dealkylation sites (tertiary alicyclic amines) is 1. The first-order chi connectivity index (χ1) is 9.66. The highest BCUT2D eigenvalue weighted by Crippen LogP contribution is 2.17. The van der Waals surface area contributed by atoms with Crippen LogP contribution in [0.3, 0.4) is 0 Å². The van der Waals surface area contributed by atoms with Crippen molar-refractivity contribution >= 4 is 5.91 Å². The summed E-state index contributed by atoms with van der Waals surface area (Å²) in [4.78, 5) is 14.5. The van der Waals surface area contributed by atoms with Crippen LogP contribution in [0, 0.1) is 11.8 Å². The molecule has 0 aliphatic carbocycles. The molecule has 0 aromatic rings. The molecule has 2 aliphatic heterocycles. The summed E-state index contributed by atoms with van der Waals surface area (Å²) in [5.41, 5.74) is 6.05. The first-order valence-electron chi connectivity index (χ1n) is 8.00. The van der Waals surface area contributed by atoms with Crippen LogP contribution in [0.4, 0.5) is 0 Å². The molecule has 0 aromatic carbocycles. The Balaban J connectivity index is 1.63. The number of nitrogens with one attached hydrogen (secondary N) is 1. The van der Waals surface area contributed by atoms with E-state index in [9.17, 15) is 4.79 Å². The number of hydrogen-bond donors (Lipinski definition) is 2. The summed E-state index contributed by atoms with van der Waals surface area (Å²) in [6, 6.07) is -0.376. The number of piperidine rings is 1. The molecule has 0 spiro atoms. The SMILES string of the molecule is CC1CCCN(CCNC(=O)C(N)C2CCOCC2)C1. The maximum atomic E-state index is 12.1. The van der Waals surface area contributed by atoms with E-state index in [1.165, 1.54) is 12.8 Å². The van der Waals surface area contributed by atoms with Gasteiger partial charge >= 0.3 is 0 Å². The number of nitrogens with two attached hydrogens (primary N) is 1. The third-order valence-electron chi connectivity index (χ3n) is 4.54. The molecule has 0 saturated carbocycles. The zero-order valence-corrected chi connectivity index (χ0v) is 12.6. The van der Waals surface area contributed by atoms with Gasteiger partial charge in [0.2, 0.25) is 5.91 Å². The fraction of sp³-hybridized carbons (Fsp3) is 0.933. The predicted molar refractivity (Wildman–Crippen MR) is 79.4 cm³/mol. The molecule has 5 heteroatoms. The first-order valence-corrected chi connectivity index (χ1v) is 8.00. The van der Waals surface area contributed by atoms with Crippen molar-refractivity contribution in [2.75, 3.05) is 39.4 Å². The highest BCUT2D eigenvalue weighted by Gasteiger charge is 2.26. The van der Waals surface area contributed by atoms with E-state index >= 15 is 0 Å². The van der Waals surface area contributed by atoms with Gasteiger partial charge in [0.05, 0.1) is 6.04 Å². The molecule has 2 rings (SSSR count). The van der Waals surface area contributed by atoms with Crippen molar-refractivity contribution in [2.45, 2.75) is 38.6 Å². The summed E-state index contributed by atoms with van der Waals surface area (Å²) < 4.78 is 5.31. The molecule has 2 atom stereocenters. The lowest BCUT2D eigenvalue weighted by atomic mass is 9.92. The predicted octanol–water partition coefficient (Wildman–Crippen LogP) is 0.588. The van der Waals surface area contributed by atoms with Crippen molar-refractivity contribution in [1.29, 1.82) is 0 Å². The summed E-state index contributed by atoms with van der Waals surface area (Å²) in [6.07, 6.45) is 4.41. The Morgan fingerprint density at radius 2 is 2.15 bits per heavy atom. The van der Waals surface area contributed by atoms with Gasteiger partial charge in [0.15, 0.2) is 0 Å². The van der Waals surface area contributed by atoms with Crippen LogP contribution in [0.25, 0.3) is 0 Å². The number of hydrogen-bond acceptors (Lipinski definition) is 4. The zero-order chi connectivity index (χ0) is 14.4. The van der Waals surface area contributed by atoms with Crippen LogP contribution in [0.15, 0.2) is 0 Å². The van der Waals surface area contributed by atoms with Gasteiger partial charge in [0.25, 0.3) is 0 Å². The quantitative estimate of drug-likeness (QED) is 0.775. The number of carbonyl (C=O) groups is 1. The van der Waals surface area contributed by atoms with Crippen LogP contribution in [0.1, 0.15) is 32.6 Å². The molecular weight excluding hydrogens is 254 g/mol.